The van der Waals surface area contributed by atoms with Gasteiger partial charge in [-0.2, -0.15) is 0 Å². The molecule has 0 aromatic heterocycles. The van der Waals surface area contributed by atoms with E-state index in [1.165, 1.54) is 5.56 Å². The van der Waals surface area contributed by atoms with E-state index in [4.69, 9.17) is 5.11 Å². The summed E-state index contributed by atoms with van der Waals surface area (Å²) < 4.78 is 0. The molecule has 3 aromatic carbocycles. The monoisotopic (exact) mass is 371 g/mol. The number of benzene rings is 3. The van der Waals surface area contributed by atoms with Crippen LogP contribution in [0.5, 0.6) is 5.75 Å². The van der Waals surface area contributed by atoms with Gasteiger partial charge in [0.1, 0.15) is 5.75 Å². The predicted octanol–water partition coefficient (Wildman–Crippen LogP) is 4.64. The van der Waals surface area contributed by atoms with Gasteiger partial charge >= 0.3 is 5.97 Å². The number of para-hydroxylation sites is 1. The van der Waals surface area contributed by atoms with Crippen molar-refractivity contribution in [2.45, 2.75) is 12.5 Å². The summed E-state index contributed by atoms with van der Waals surface area (Å²) in [6.45, 7) is 0.853. The zero-order chi connectivity index (χ0) is 19.5. The molecule has 4 heteroatoms. The first-order valence-electron chi connectivity index (χ1n) is 9.26. The second-order valence-electron chi connectivity index (χ2n) is 6.90. The molecule has 4 nitrogen and oxygen atoms in total. The van der Waals surface area contributed by atoms with Crippen molar-refractivity contribution in [1.29, 1.82) is 0 Å². The van der Waals surface area contributed by atoms with E-state index in [0.29, 0.717) is 5.75 Å². The molecule has 0 radical (unpaired) electrons. The number of anilines is 1. The van der Waals surface area contributed by atoms with Gasteiger partial charge in [0.25, 0.3) is 0 Å². The lowest BCUT2D eigenvalue weighted by Crippen LogP contribution is -2.36. The number of carboxylic acids is 1. The molecule has 1 heterocycles. The fourth-order valence-electron chi connectivity index (χ4n) is 3.83. The van der Waals surface area contributed by atoms with E-state index in [9.17, 15) is 9.90 Å². The van der Waals surface area contributed by atoms with Crippen LogP contribution in [0.1, 0.15) is 28.3 Å². The summed E-state index contributed by atoms with van der Waals surface area (Å²) in [7, 11) is 0. The largest absolute Gasteiger partial charge is 0.508 e. The Balaban J connectivity index is 1.76. The quantitative estimate of drug-likeness (QED) is 0.656. The number of fused-ring (bicyclic) bond motifs is 1. The molecule has 140 valence electrons. The van der Waals surface area contributed by atoms with Gasteiger partial charge in [-0.05, 0) is 59.0 Å². The third kappa shape index (κ3) is 3.62. The molecule has 0 bridgehead atoms. The van der Waals surface area contributed by atoms with Gasteiger partial charge < -0.3 is 15.1 Å². The normalized spacial score (nSPS) is 16.1. The third-order valence-electron chi connectivity index (χ3n) is 5.11. The van der Waals surface area contributed by atoms with Crippen molar-refractivity contribution in [1.82, 2.24) is 0 Å². The summed E-state index contributed by atoms with van der Waals surface area (Å²) in [4.78, 5) is 13.1. The molecule has 1 unspecified atom stereocenters. The van der Waals surface area contributed by atoms with Crippen LogP contribution in [0.4, 0.5) is 5.69 Å². The maximum Gasteiger partial charge on any atom is 0.328 e. The lowest BCUT2D eigenvalue weighted by molar-refractivity contribution is -0.131. The molecular formula is C24H21NO3. The van der Waals surface area contributed by atoms with Crippen LogP contribution in [-0.2, 0) is 11.2 Å². The van der Waals surface area contributed by atoms with Crippen LogP contribution >= 0.6 is 0 Å². The zero-order valence-electron chi connectivity index (χ0n) is 15.3. The first-order chi connectivity index (χ1) is 13.6. The van der Waals surface area contributed by atoms with Gasteiger partial charge in [-0.25, -0.2) is 4.79 Å². The van der Waals surface area contributed by atoms with Gasteiger partial charge in [0.2, 0.25) is 0 Å². The molecule has 1 aliphatic rings. The molecule has 4 rings (SSSR count). The maximum absolute atomic E-state index is 10.7. The Hall–Kier alpha value is -3.53. The van der Waals surface area contributed by atoms with Crippen LogP contribution in [0.25, 0.3) is 6.08 Å². The minimum absolute atomic E-state index is 0.0317. The number of nitrogens with zero attached hydrogens (tertiary/aromatic N) is 1. The van der Waals surface area contributed by atoms with Crippen molar-refractivity contribution < 1.29 is 15.0 Å². The summed E-state index contributed by atoms with van der Waals surface area (Å²) in [5.41, 5.74) is 5.47. The van der Waals surface area contributed by atoms with Gasteiger partial charge in [-0.1, -0.05) is 48.5 Å². The highest BCUT2D eigenvalue weighted by Crippen LogP contribution is 2.39. The number of rotatable bonds is 4. The second-order valence-corrected chi connectivity index (χ2v) is 6.90. The van der Waals surface area contributed by atoms with Gasteiger partial charge in [0, 0.05) is 18.3 Å². The van der Waals surface area contributed by atoms with E-state index in [1.807, 2.05) is 54.6 Å². The summed E-state index contributed by atoms with van der Waals surface area (Å²) in [6.07, 6.45) is 3.60. The topological polar surface area (TPSA) is 60.8 Å². The minimum Gasteiger partial charge on any atom is -0.508 e. The van der Waals surface area contributed by atoms with Crippen molar-refractivity contribution in [3.8, 4) is 5.75 Å². The summed E-state index contributed by atoms with van der Waals surface area (Å²) in [5, 5.41) is 18.7. The van der Waals surface area contributed by atoms with E-state index in [2.05, 4.69) is 17.0 Å². The van der Waals surface area contributed by atoms with Crippen LogP contribution in [0.2, 0.25) is 0 Å². The van der Waals surface area contributed by atoms with Crippen LogP contribution in [-0.4, -0.2) is 22.7 Å². The van der Waals surface area contributed by atoms with E-state index in [0.717, 1.165) is 41.4 Å². The molecule has 0 fully saturated rings. The molecule has 0 aliphatic carbocycles. The number of aliphatic carboxylic acids is 1. The first-order valence-corrected chi connectivity index (χ1v) is 9.26. The highest BCUT2D eigenvalue weighted by atomic mass is 16.4. The third-order valence-corrected chi connectivity index (χ3v) is 5.11. The number of carbonyl (C=O) groups is 1. The molecule has 1 aliphatic heterocycles. The highest BCUT2D eigenvalue weighted by molar-refractivity contribution is 5.85. The average molecular weight is 371 g/mol. The predicted molar refractivity (Wildman–Crippen MR) is 111 cm³/mol. The summed E-state index contributed by atoms with van der Waals surface area (Å²) in [5.74, 6) is -0.667. The van der Waals surface area contributed by atoms with Gasteiger partial charge in [0.05, 0.1) is 6.04 Å². The number of carboxylic acid groups (broad SMARTS) is 1. The van der Waals surface area contributed by atoms with E-state index < -0.39 is 5.97 Å². The Bertz CT molecular complexity index is 1010. The van der Waals surface area contributed by atoms with Crippen LogP contribution < -0.4 is 4.90 Å². The Labute approximate surface area is 164 Å². The lowest BCUT2D eigenvalue weighted by Gasteiger charge is -2.39. The van der Waals surface area contributed by atoms with E-state index >= 15 is 0 Å². The maximum atomic E-state index is 10.7. The first kappa shape index (κ1) is 17.9. The fraction of sp³-hybridized carbons (Fsp3) is 0.125. The molecule has 0 saturated heterocycles. The fourth-order valence-corrected chi connectivity index (χ4v) is 3.83. The van der Waals surface area contributed by atoms with Gasteiger partial charge in [-0.15, -0.1) is 0 Å². The minimum atomic E-state index is -0.958. The summed E-state index contributed by atoms with van der Waals surface area (Å²) >= 11 is 0. The molecule has 1 atom stereocenters. The molecule has 28 heavy (non-hydrogen) atoms. The Morgan fingerprint density at radius 3 is 2.46 bits per heavy atom. The second kappa shape index (κ2) is 7.61. The Morgan fingerprint density at radius 1 is 1.00 bits per heavy atom. The van der Waals surface area contributed by atoms with Crippen molar-refractivity contribution >= 4 is 17.7 Å². The molecule has 0 saturated carbocycles. The number of hydrogen-bond donors (Lipinski definition) is 2. The molecule has 0 spiro atoms. The molecule has 3 aromatic rings. The molecule has 2 N–H and O–H groups in total. The smallest absolute Gasteiger partial charge is 0.328 e. The Kier molecular flexibility index (Phi) is 4.85. The van der Waals surface area contributed by atoms with Crippen molar-refractivity contribution in [2.75, 3.05) is 11.4 Å². The lowest BCUT2D eigenvalue weighted by atomic mass is 9.87. The van der Waals surface area contributed by atoms with Gasteiger partial charge in [0.15, 0.2) is 0 Å². The van der Waals surface area contributed by atoms with E-state index in [1.54, 1.807) is 12.1 Å². The van der Waals surface area contributed by atoms with Crippen LogP contribution in [0.3, 0.4) is 0 Å². The number of aromatic hydroxyl groups is 1. The summed E-state index contributed by atoms with van der Waals surface area (Å²) in [6, 6.07) is 23.9. The molecule has 0 amide bonds. The van der Waals surface area contributed by atoms with Crippen molar-refractivity contribution in [3.05, 3.63) is 101 Å². The standard InChI is InChI=1S/C24H21NO3/c26-21-11-12-22-19(16-21)14-15-25(20-4-2-1-3-5-20)24(22)18-9-6-17(7-10-18)8-13-23(27)28/h1-13,16,24,26H,14-15H2,(H,27,28). The number of phenols is 1. The van der Waals surface area contributed by atoms with Crippen molar-refractivity contribution in [2.24, 2.45) is 0 Å². The van der Waals surface area contributed by atoms with Gasteiger partial charge in [-0.3, -0.25) is 0 Å². The number of phenolic OH excluding ortho intramolecular Hbond substituents is 1. The molecular weight excluding hydrogens is 350 g/mol. The van der Waals surface area contributed by atoms with E-state index in [-0.39, 0.29) is 6.04 Å². The van der Waals surface area contributed by atoms with Crippen LogP contribution in [0, 0.1) is 0 Å². The van der Waals surface area contributed by atoms with Crippen LogP contribution in [0.15, 0.2) is 78.9 Å². The SMILES string of the molecule is O=C(O)C=Cc1ccc(C2c3ccc(O)cc3CCN2c2ccccc2)cc1. The average Bonchev–Trinajstić information content (AvgIpc) is 2.72. The highest BCUT2D eigenvalue weighted by Gasteiger charge is 2.29. The zero-order valence-corrected chi connectivity index (χ0v) is 15.3. The number of hydrogen-bond acceptors (Lipinski definition) is 3. The Morgan fingerprint density at radius 2 is 1.75 bits per heavy atom. The van der Waals surface area contributed by atoms with Crippen molar-refractivity contribution in [3.63, 3.8) is 0 Å².